The average molecular weight is 302 g/mol. The fraction of sp³-hybridized carbons (Fsp3) is 0.625. The van der Waals surface area contributed by atoms with E-state index >= 15 is 0 Å². The van der Waals surface area contributed by atoms with Crippen LogP contribution in [0.15, 0.2) is 18.2 Å². The second kappa shape index (κ2) is 8.84. The number of rotatable bonds is 8. The number of halogens is 2. The van der Waals surface area contributed by atoms with Crippen LogP contribution in [0.5, 0.6) is 0 Å². The summed E-state index contributed by atoms with van der Waals surface area (Å²) in [6, 6.07) is 6.28. The van der Waals surface area contributed by atoms with Gasteiger partial charge in [0, 0.05) is 16.1 Å². The van der Waals surface area contributed by atoms with Gasteiger partial charge < -0.3 is 5.32 Å². The molecule has 19 heavy (non-hydrogen) atoms. The van der Waals surface area contributed by atoms with Crippen LogP contribution in [0, 0.1) is 5.92 Å². The first-order valence-electron chi connectivity index (χ1n) is 7.20. The summed E-state index contributed by atoms with van der Waals surface area (Å²) < 4.78 is 0. The molecule has 1 nitrogen and oxygen atoms in total. The van der Waals surface area contributed by atoms with E-state index in [4.69, 9.17) is 23.2 Å². The van der Waals surface area contributed by atoms with E-state index in [1.807, 2.05) is 18.2 Å². The molecule has 0 bridgehead atoms. The van der Waals surface area contributed by atoms with E-state index in [0.29, 0.717) is 12.0 Å². The lowest BCUT2D eigenvalue weighted by Crippen LogP contribution is -2.31. The second-order valence-corrected chi connectivity index (χ2v) is 6.33. The lowest BCUT2D eigenvalue weighted by atomic mass is 9.97. The highest BCUT2D eigenvalue weighted by Crippen LogP contribution is 2.26. The number of hydrogen-bond acceptors (Lipinski definition) is 1. The van der Waals surface area contributed by atoms with Gasteiger partial charge in [-0.05, 0) is 55.8 Å². The Bertz CT molecular complexity index is 357. The van der Waals surface area contributed by atoms with Crippen LogP contribution in [0.4, 0.5) is 0 Å². The molecule has 0 aliphatic rings. The van der Waals surface area contributed by atoms with Gasteiger partial charge in [0.2, 0.25) is 0 Å². The zero-order valence-corrected chi connectivity index (χ0v) is 13.7. The van der Waals surface area contributed by atoms with Crippen molar-refractivity contribution >= 4 is 23.2 Å². The molecule has 108 valence electrons. The molecule has 0 fully saturated rings. The SMILES string of the molecule is CCCNC(CCc1c(Cl)cccc1Cl)CC(C)C. The summed E-state index contributed by atoms with van der Waals surface area (Å²) in [5.41, 5.74) is 1.08. The number of benzene rings is 1. The van der Waals surface area contributed by atoms with Crippen LogP contribution in [0.2, 0.25) is 10.0 Å². The van der Waals surface area contributed by atoms with Crippen molar-refractivity contribution in [3.05, 3.63) is 33.8 Å². The third-order valence-corrected chi connectivity index (χ3v) is 3.95. The summed E-state index contributed by atoms with van der Waals surface area (Å²) in [6.07, 6.45) is 4.39. The van der Waals surface area contributed by atoms with E-state index in [2.05, 4.69) is 26.1 Å². The Balaban J connectivity index is 2.59. The van der Waals surface area contributed by atoms with Gasteiger partial charge in [-0.25, -0.2) is 0 Å². The fourth-order valence-electron chi connectivity index (χ4n) is 2.31. The van der Waals surface area contributed by atoms with Crippen molar-refractivity contribution in [3.8, 4) is 0 Å². The maximum absolute atomic E-state index is 6.22. The molecule has 3 heteroatoms. The lowest BCUT2D eigenvalue weighted by molar-refractivity contribution is 0.399. The normalized spacial score (nSPS) is 12.9. The smallest absolute Gasteiger partial charge is 0.0452 e. The van der Waals surface area contributed by atoms with Crippen LogP contribution in [0.1, 0.15) is 45.6 Å². The molecule has 1 N–H and O–H groups in total. The molecular weight excluding hydrogens is 277 g/mol. The summed E-state index contributed by atoms with van der Waals surface area (Å²) in [5.74, 6) is 0.705. The van der Waals surface area contributed by atoms with Gasteiger partial charge in [0.1, 0.15) is 0 Å². The highest BCUT2D eigenvalue weighted by molar-refractivity contribution is 6.35. The third-order valence-electron chi connectivity index (χ3n) is 3.24. The molecule has 1 rings (SSSR count). The van der Waals surface area contributed by atoms with Gasteiger partial charge in [-0.1, -0.05) is 50.0 Å². The van der Waals surface area contributed by atoms with Gasteiger partial charge in [0.05, 0.1) is 0 Å². The van der Waals surface area contributed by atoms with E-state index in [-0.39, 0.29) is 0 Å². The van der Waals surface area contributed by atoms with E-state index in [0.717, 1.165) is 35.0 Å². The van der Waals surface area contributed by atoms with E-state index in [1.54, 1.807) is 0 Å². The first kappa shape index (κ1) is 16.8. The highest BCUT2D eigenvalue weighted by atomic mass is 35.5. The molecule has 1 atom stereocenters. The van der Waals surface area contributed by atoms with Crippen LogP contribution >= 0.6 is 23.2 Å². The predicted octanol–water partition coefficient (Wildman–Crippen LogP) is 5.34. The van der Waals surface area contributed by atoms with Gasteiger partial charge in [0.15, 0.2) is 0 Å². The quantitative estimate of drug-likeness (QED) is 0.683. The van der Waals surface area contributed by atoms with Crippen molar-refractivity contribution in [1.82, 2.24) is 5.32 Å². The molecule has 0 saturated heterocycles. The minimum absolute atomic E-state index is 0.548. The summed E-state index contributed by atoms with van der Waals surface area (Å²) in [5, 5.41) is 5.19. The molecule has 0 aromatic heterocycles. The molecule has 0 saturated carbocycles. The Kier molecular flexibility index (Phi) is 7.82. The molecule has 0 aliphatic carbocycles. The predicted molar refractivity (Wildman–Crippen MR) is 86.3 cm³/mol. The topological polar surface area (TPSA) is 12.0 Å². The van der Waals surface area contributed by atoms with Gasteiger partial charge in [0.25, 0.3) is 0 Å². The van der Waals surface area contributed by atoms with Crippen molar-refractivity contribution in [1.29, 1.82) is 0 Å². The summed E-state index contributed by atoms with van der Waals surface area (Å²) in [7, 11) is 0. The van der Waals surface area contributed by atoms with Gasteiger partial charge in [-0.3, -0.25) is 0 Å². The third kappa shape index (κ3) is 6.16. The minimum Gasteiger partial charge on any atom is -0.314 e. The molecule has 0 aliphatic heterocycles. The van der Waals surface area contributed by atoms with Crippen molar-refractivity contribution < 1.29 is 0 Å². The molecule has 1 aromatic carbocycles. The van der Waals surface area contributed by atoms with Crippen molar-refractivity contribution in [2.24, 2.45) is 5.92 Å². The molecule has 1 aromatic rings. The number of nitrogens with one attached hydrogen (secondary N) is 1. The molecule has 0 radical (unpaired) electrons. The lowest BCUT2D eigenvalue weighted by Gasteiger charge is -2.21. The largest absolute Gasteiger partial charge is 0.314 e. The minimum atomic E-state index is 0.548. The second-order valence-electron chi connectivity index (χ2n) is 5.52. The Labute approximate surface area is 127 Å². The van der Waals surface area contributed by atoms with Crippen molar-refractivity contribution in [3.63, 3.8) is 0 Å². The molecule has 1 unspecified atom stereocenters. The van der Waals surface area contributed by atoms with Gasteiger partial charge >= 0.3 is 0 Å². The average Bonchev–Trinajstić information content (AvgIpc) is 2.34. The zero-order chi connectivity index (χ0) is 14.3. The van der Waals surface area contributed by atoms with Crippen LogP contribution in [0.25, 0.3) is 0 Å². The zero-order valence-electron chi connectivity index (χ0n) is 12.2. The highest BCUT2D eigenvalue weighted by Gasteiger charge is 2.12. The summed E-state index contributed by atoms with van der Waals surface area (Å²) >= 11 is 12.4. The molecule has 0 spiro atoms. The standard InChI is InChI=1S/C16H25Cl2N/c1-4-10-19-13(11-12(2)3)8-9-14-15(17)6-5-7-16(14)18/h5-7,12-13,19H,4,8-11H2,1-3H3. The maximum atomic E-state index is 6.22. The summed E-state index contributed by atoms with van der Waals surface area (Å²) in [6.45, 7) is 7.81. The Morgan fingerprint density at radius 1 is 1.16 bits per heavy atom. The van der Waals surface area contributed by atoms with E-state index in [1.165, 1.54) is 12.8 Å². The Morgan fingerprint density at radius 3 is 2.32 bits per heavy atom. The van der Waals surface area contributed by atoms with Gasteiger partial charge in [-0.2, -0.15) is 0 Å². The summed E-state index contributed by atoms with van der Waals surface area (Å²) in [4.78, 5) is 0. The monoisotopic (exact) mass is 301 g/mol. The van der Waals surface area contributed by atoms with Crippen LogP contribution in [-0.4, -0.2) is 12.6 Å². The Morgan fingerprint density at radius 2 is 1.79 bits per heavy atom. The first-order chi connectivity index (χ1) is 9.04. The van der Waals surface area contributed by atoms with Crippen molar-refractivity contribution in [2.45, 2.75) is 52.5 Å². The maximum Gasteiger partial charge on any atom is 0.0452 e. The van der Waals surface area contributed by atoms with Crippen LogP contribution < -0.4 is 5.32 Å². The van der Waals surface area contributed by atoms with Crippen molar-refractivity contribution in [2.75, 3.05) is 6.54 Å². The van der Waals surface area contributed by atoms with Gasteiger partial charge in [-0.15, -0.1) is 0 Å². The van der Waals surface area contributed by atoms with E-state index in [9.17, 15) is 0 Å². The number of hydrogen-bond donors (Lipinski definition) is 1. The van der Waals surface area contributed by atoms with Crippen LogP contribution in [0.3, 0.4) is 0 Å². The molecule has 0 amide bonds. The first-order valence-corrected chi connectivity index (χ1v) is 7.96. The molecule has 0 heterocycles. The molecular formula is C16H25Cl2N. The fourth-order valence-corrected chi connectivity index (χ4v) is 2.90. The van der Waals surface area contributed by atoms with Crippen LogP contribution in [-0.2, 0) is 6.42 Å². The Hall–Kier alpha value is -0.240. The van der Waals surface area contributed by atoms with E-state index < -0.39 is 0 Å².